The lowest BCUT2D eigenvalue weighted by atomic mass is 10.1. The van der Waals surface area contributed by atoms with Gasteiger partial charge in [0, 0.05) is 11.3 Å². The maximum absolute atomic E-state index is 12.7. The third-order valence-electron chi connectivity index (χ3n) is 2.61. The molecule has 0 aliphatic carbocycles. The van der Waals surface area contributed by atoms with E-state index in [9.17, 15) is 13.2 Å². The molecule has 2 aromatic rings. The van der Waals surface area contributed by atoms with Gasteiger partial charge in [0.05, 0.1) is 12.1 Å². The van der Waals surface area contributed by atoms with Gasteiger partial charge in [0.1, 0.15) is 4.99 Å². The van der Waals surface area contributed by atoms with E-state index in [1.807, 2.05) is 0 Å². The van der Waals surface area contributed by atoms with Crippen molar-refractivity contribution in [3.05, 3.63) is 41.0 Å². The summed E-state index contributed by atoms with van der Waals surface area (Å²) in [6.07, 6.45) is -4.46. The minimum absolute atomic E-state index is 0.107. The first-order valence-corrected chi connectivity index (χ1v) is 6.22. The van der Waals surface area contributed by atoms with Crippen LogP contribution in [0.2, 0.25) is 0 Å². The average molecular weight is 316 g/mol. The molecular formula is C12H11F3N4OS. The molecule has 1 aromatic carbocycles. The molecule has 112 valence electrons. The summed E-state index contributed by atoms with van der Waals surface area (Å²) in [5, 5.41) is 6.48. The monoisotopic (exact) mass is 316 g/mol. The van der Waals surface area contributed by atoms with Gasteiger partial charge < -0.3 is 15.6 Å². The Bertz CT molecular complexity index is 669. The number of alkyl halides is 3. The molecule has 5 nitrogen and oxygen atoms in total. The van der Waals surface area contributed by atoms with Crippen molar-refractivity contribution in [3.8, 4) is 0 Å². The number of anilines is 1. The lowest BCUT2D eigenvalue weighted by Crippen LogP contribution is -2.15. The molecule has 0 amide bonds. The normalized spacial score (nSPS) is 11.4. The number of hydrogen-bond acceptors (Lipinski definition) is 5. The van der Waals surface area contributed by atoms with Crippen molar-refractivity contribution < 1.29 is 17.7 Å². The fraction of sp³-hybridized carbons (Fsp3) is 0.250. The molecule has 2 rings (SSSR count). The molecule has 0 radical (unpaired) electrons. The summed E-state index contributed by atoms with van der Waals surface area (Å²) in [6.45, 7) is 1.81. The number of halogens is 3. The fourth-order valence-electron chi connectivity index (χ4n) is 1.66. The Morgan fingerprint density at radius 1 is 1.43 bits per heavy atom. The van der Waals surface area contributed by atoms with E-state index in [0.717, 1.165) is 12.1 Å². The molecule has 0 saturated heterocycles. The van der Waals surface area contributed by atoms with Crippen molar-refractivity contribution in [2.24, 2.45) is 5.73 Å². The van der Waals surface area contributed by atoms with E-state index in [0.29, 0.717) is 17.4 Å². The third-order valence-corrected chi connectivity index (χ3v) is 2.83. The Morgan fingerprint density at radius 2 is 2.14 bits per heavy atom. The largest absolute Gasteiger partial charge is 0.416 e. The summed E-state index contributed by atoms with van der Waals surface area (Å²) in [7, 11) is 0. The van der Waals surface area contributed by atoms with Gasteiger partial charge >= 0.3 is 6.18 Å². The lowest BCUT2D eigenvalue weighted by Gasteiger charge is -2.13. The van der Waals surface area contributed by atoms with Crippen molar-refractivity contribution in [2.45, 2.75) is 19.6 Å². The second-order valence-electron chi connectivity index (χ2n) is 4.21. The molecular weight excluding hydrogens is 305 g/mol. The highest BCUT2D eigenvalue weighted by Gasteiger charge is 2.31. The second-order valence-corrected chi connectivity index (χ2v) is 4.65. The number of thiocarbonyl (C=S) groups is 1. The van der Waals surface area contributed by atoms with Gasteiger partial charge in [-0.15, -0.1) is 0 Å². The van der Waals surface area contributed by atoms with Crippen LogP contribution in [0.3, 0.4) is 0 Å². The van der Waals surface area contributed by atoms with Crippen LogP contribution in [0.5, 0.6) is 0 Å². The van der Waals surface area contributed by atoms with Gasteiger partial charge in [-0.05, 0) is 25.1 Å². The number of nitrogens with one attached hydrogen (secondary N) is 1. The Labute approximate surface area is 123 Å². The van der Waals surface area contributed by atoms with Crippen molar-refractivity contribution >= 4 is 22.9 Å². The summed E-state index contributed by atoms with van der Waals surface area (Å²) in [5.74, 6) is 0.773. The summed E-state index contributed by atoms with van der Waals surface area (Å²) < 4.78 is 42.9. The first kappa shape index (κ1) is 15.2. The predicted octanol–water partition coefficient (Wildman–Crippen LogP) is 2.64. The molecule has 9 heteroatoms. The molecule has 0 fully saturated rings. The van der Waals surface area contributed by atoms with E-state index >= 15 is 0 Å². The maximum Gasteiger partial charge on any atom is 0.416 e. The van der Waals surface area contributed by atoms with Crippen LogP contribution >= 0.6 is 12.2 Å². The summed E-state index contributed by atoms with van der Waals surface area (Å²) in [4.78, 5) is 3.84. The fourth-order valence-corrected chi connectivity index (χ4v) is 1.83. The van der Waals surface area contributed by atoms with Crippen LogP contribution in [0.15, 0.2) is 22.7 Å². The SMILES string of the molecule is Cc1noc(CNc2ccc(C(F)(F)F)cc2C(N)=S)n1. The van der Waals surface area contributed by atoms with Gasteiger partial charge in [-0.25, -0.2) is 0 Å². The number of nitrogens with two attached hydrogens (primary N) is 1. The van der Waals surface area contributed by atoms with E-state index in [1.165, 1.54) is 6.07 Å². The number of aromatic nitrogens is 2. The quantitative estimate of drug-likeness (QED) is 0.845. The topological polar surface area (TPSA) is 77.0 Å². The van der Waals surface area contributed by atoms with Crippen LogP contribution in [0.4, 0.5) is 18.9 Å². The highest BCUT2D eigenvalue weighted by atomic mass is 32.1. The van der Waals surface area contributed by atoms with E-state index < -0.39 is 11.7 Å². The Kier molecular flexibility index (Phi) is 4.12. The zero-order valence-electron chi connectivity index (χ0n) is 10.9. The van der Waals surface area contributed by atoms with Crippen molar-refractivity contribution in [1.29, 1.82) is 0 Å². The maximum atomic E-state index is 12.7. The lowest BCUT2D eigenvalue weighted by molar-refractivity contribution is -0.137. The van der Waals surface area contributed by atoms with E-state index in [1.54, 1.807) is 6.92 Å². The van der Waals surface area contributed by atoms with Crippen LogP contribution in [-0.2, 0) is 12.7 Å². The molecule has 21 heavy (non-hydrogen) atoms. The van der Waals surface area contributed by atoms with Crippen molar-refractivity contribution in [1.82, 2.24) is 10.1 Å². The number of aryl methyl sites for hydroxylation is 1. The van der Waals surface area contributed by atoms with Gasteiger partial charge in [-0.1, -0.05) is 17.4 Å². The summed E-state index contributed by atoms with van der Waals surface area (Å²) in [5.41, 5.74) is 5.13. The smallest absolute Gasteiger partial charge is 0.389 e. The van der Waals surface area contributed by atoms with Gasteiger partial charge in [0.15, 0.2) is 5.82 Å². The zero-order valence-corrected chi connectivity index (χ0v) is 11.7. The van der Waals surface area contributed by atoms with Crippen LogP contribution in [-0.4, -0.2) is 15.1 Å². The zero-order chi connectivity index (χ0) is 15.6. The minimum atomic E-state index is -4.46. The molecule has 0 saturated carbocycles. The molecule has 1 aromatic heterocycles. The van der Waals surface area contributed by atoms with E-state index in [4.69, 9.17) is 22.5 Å². The predicted molar refractivity (Wildman–Crippen MR) is 73.7 cm³/mol. The molecule has 3 N–H and O–H groups in total. The summed E-state index contributed by atoms with van der Waals surface area (Å²) in [6, 6.07) is 3.12. The molecule has 0 bridgehead atoms. The van der Waals surface area contributed by atoms with Crippen molar-refractivity contribution in [2.75, 3.05) is 5.32 Å². The number of hydrogen-bond donors (Lipinski definition) is 2. The van der Waals surface area contributed by atoms with Gasteiger partial charge in [0.25, 0.3) is 0 Å². The third kappa shape index (κ3) is 3.69. The highest BCUT2D eigenvalue weighted by molar-refractivity contribution is 7.80. The van der Waals surface area contributed by atoms with Gasteiger partial charge in [-0.3, -0.25) is 0 Å². The molecule has 0 aliphatic heterocycles. The van der Waals surface area contributed by atoms with Crippen LogP contribution in [0.25, 0.3) is 0 Å². The minimum Gasteiger partial charge on any atom is -0.389 e. The van der Waals surface area contributed by atoms with Gasteiger partial charge in [0.2, 0.25) is 5.89 Å². The standard InChI is InChI=1S/C12H11F3N4OS/c1-6-18-10(20-19-6)5-17-9-3-2-7(12(13,14)15)4-8(9)11(16)21/h2-4,17H,5H2,1H3,(H2,16,21). The Morgan fingerprint density at radius 3 is 2.67 bits per heavy atom. The van der Waals surface area contributed by atoms with Gasteiger partial charge in [-0.2, -0.15) is 18.2 Å². The molecule has 1 heterocycles. The van der Waals surface area contributed by atoms with Crippen LogP contribution in [0.1, 0.15) is 22.8 Å². The average Bonchev–Trinajstić information content (AvgIpc) is 2.80. The second kappa shape index (κ2) is 5.68. The number of rotatable bonds is 4. The van der Waals surface area contributed by atoms with Crippen LogP contribution in [0, 0.1) is 6.92 Å². The number of nitrogens with zero attached hydrogens (tertiary/aromatic N) is 2. The van der Waals surface area contributed by atoms with E-state index in [-0.39, 0.29) is 17.1 Å². The highest BCUT2D eigenvalue weighted by Crippen LogP contribution is 2.32. The Balaban J connectivity index is 2.24. The molecule has 0 unspecified atom stereocenters. The first-order chi connectivity index (χ1) is 9.77. The molecule has 0 spiro atoms. The molecule has 0 atom stereocenters. The Hall–Kier alpha value is -2.16. The van der Waals surface area contributed by atoms with E-state index in [2.05, 4.69) is 15.5 Å². The van der Waals surface area contributed by atoms with Crippen LogP contribution < -0.4 is 11.1 Å². The first-order valence-electron chi connectivity index (χ1n) is 5.81. The molecule has 0 aliphatic rings. The van der Waals surface area contributed by atoms with Crippen molar-refractivity contribution in [3.63, 3.8) is 0 Å². The summed E-state index contributed by atoms with van der Waals surface area (Å²) >= 11 is 4.79. The number of benzene rings is 1.